The van der Waals surface area contributed by atoms with Gasteiger partial charge in [0.1, 0.15) is 11.9 Å². The molecule has 1 unspecified atom stereocenters. The average molecular weight is 468 g/mol. The molecule has 1 aromatic heterocycles. The third kappa shape index (κ3) is 4.79. The van der Waals surface area contributed by atoms with Crippen molar-refractivity contribution in [3.05, 3.63) is 60.3 Å². The molecule has 1 aliphatic heterocycles. The molecule has 2 aromatic carbocycles. The van der Waals surface area contributed by atoms with E-state index in [-0.39, 0.29) is 19.0 Å². The molecule has 178 valence electrons. The summed E-state index contributed by atoms with van der Waals surface area (Å²) in [5.74, 6) is 4.74. The van der Waals surface area contributed by atoms with Crippen LogP contribution >= 0.6 is 0 Å². The molecule has 11 heteroatoms. The lowest BCUT2D eigenvalue weighted by atomic mass is 10.0. The van der Waals surface area contributed by atoms with E-state index in [4.69, 9.17) is 16.3 Å². The topological polar surface area (TPSA) is 141 Å². The molecule has 3 aromatic rings. The van der Waals surface area contributed by atoms with Crippen LogP contribution in [0.3, 0.4) is 0 Å². The van der Waals surface area contributed by atoms with Crippen LogP contribution in [0.5, 0.6) is 0 Å². The molecule has 1 fully saturated rings. The molecular weight excluding hydrogens is 441 g/mol. The Bertz CT molecular complexity index is 1260. The van der Waals surface area contributed by atoms with Gasteiger partial charge >= 0.3 is 6.09 Å². The van der Waals surface area contributed by atoms with Crippen molar-refractivity contribution in [2.45, 2.75) is 26.0 Å². The Labute approximate surface area is 195 Å². The maximum absolute atomic E-state index is 15.1. The maximum atomic E-state index is 15.1. The van der Waals surface area contributed by atoms with Crippen LogP contribution in [0.25, 0.3) is 22.0 Å². The zero-order chi connectivity index (χ0) is 24.2. The fraction of sp³-hybridized carbons (Fsp3) is 0.261. The number of anilines is 1. The number of nitrogens with one attached hydrogen (secondary N) is 2. The Morgan fingerprint density at radius 1 is 1.32 bits per heavy atom. The average Bonchev–Trinajstić information content (AvgIpc) is 3.41. The van der Waals surface area contributed by atoms with E-state index in [1.54, 1.807) is 18.3 Å². The standard InChI is InChI=1S/C23H26FN7O3/c1-14(32)27-12-19-13-30(23(33)34-19)18-3-4-20(21(24)9-18)15-2-5-22-16(8-15)11-28-31(22)7-6-17(10-25)29-26/h2-5,8-11,19,29H,6-7,12-13,25-26H2,1H3,(H,27,32)/b17-10-. The lowest BCUT2D eigenvalue weighted by Crippen LogP contribution is -2.33. The van der Waals surface area contributed by atoms with Crippen molar-refractivity contribution in [3.63, 3.8) is 0 Å². The van der Waals surface area contributed by atoms with E-state index >= 15 is 4.39 Å². The number of carbonyl (C=O) groups excluding carboxylic acids is 2. The summed E-state index contributed by atoms with van der Waals surface area (Å²) in [6.45, 7) is 2.40. The van der Waals surface area contributed by atoms with Gasteiger partial charge in [-0.2, -0.15) is 5.10 Å². The summed E-state index contributed by atoms with van der Waals surface area (Å²) in [5.41, 5.74) is 11.1. The van der Waals surface area contributed by atoms with E-state index < -0.39 is 18.0 Å². The molecule has 0 radical (unpaired) electrons. The summed E-state index contributed by atoms with van der Waals surface area (Å²) < 4.78 is 22.1. The number of carbonyl (C=O) groups is 2. The van der Waals surface area contributed by atoms with E-state index in [2.05, 4.69) is 15.8 Å². The molecule has 2 heterocycles. The number of nitrogens with two attached hydrogens (primary N) is 2. The number of hydrazine groups is 1. The second-order valence-corrected chi connectivity index (χ2v) is 7.95. The minimum Gasteiger partial charge on any atom is -0.442 e. The molecule has 0 saturated carbocycles. The molecule has 34 heavy (non-hydrogen) atoms. The first-order chi connectivity index (χ1) is 16.4. The normalized spacial score (nSPS) is 16.1. The molecule has 0 spiro atoms. The first-order valence-corrected chi connectivity index (χ1v) is 10.7. The van der Waals surface area contributed by atoms with Crippen molar-refractivity contribution < 1.29 is 18.7 Å². The predicted molar refractivity (Wildman–Crippen MR) is 126 cm³/mol. The number of fused-ring (bicyclic) bond motifs is 1. The smallest absolute Gasteiger partial charge is 0.414 e. The van der Waals surface area contributed by atoms with Gasteiger partial charge < -0.3 is 21.2 Å². The zero-order valence-corrected chi connectivity index (χ0v) is 18.6. The Kier molecular flexibility index (Phi) is 6.64. The number of hydrogen-bond acceptors (Lipinski definition) is 7. The van der Waals surface area contributed by atoms with Gasteiger partial charge in [0, 0.05) is 42.7 Å². The van der Waals surface area contributed by atoms with Crippen LogP contribution in [0.4, 0.5) is 14.9 Å². The number of aryl methyl sites for hydroxylation is 1. The van der Waals surface area contributed by atoms with Crippen molar-refractivity contribution in [2.24, 2.45) is 11.6 Å². The van der Waals surface area contributed by atoms with Gasteiger partial charge in [-0.25, -0.2) is 9.18 Å². The zero-order valence-electron chi connectivity index (χ0n) is 18.6. The number of nitrogens with zero attached hydrogens (tertiary/aromatic N) is 3. The summed E-state index contributed by atoms with van der Waals surface area (Å²) in [5, 5.41) is 7.88. The highest BCUT2D eigenvalue weighted by atomic mass is 19.1. The lowest BCUT2D eigenvalue weighted by Gasteiger charge is -2.14. The first-order valence-electron chi connectivity index (χ1n) is 10.7. The van der Waals surface area contributed by atoms with Crippen molar-refractivity contribution in [1.82, 2.24) is 20.5 Å². The highest BCUT2D eigenvalue weighted by Crippen LogP contribution is 2.31. The maximum Gasteiger partial charge on any atom is 0.414 e. The van der Waals surface area contributed by atoms with E-state index in [1.807, 2.05) is 22.9 Å². The Morgan fingerprint density at radius 2 is 2.15 bits per heavy atom. The fourth-order valence-corrected chi connectivity index (χ4v) is 3.87. The molecule has 0 aliphatic carbocycles. The molecule has 6 N–H and O–H groups in total. The van der Waals surface area contributed by atoms with Gasteiger partial charge in [-0.1, -0.05) is 6.07 Å². The lowest BCUT2D eigenvalue weighted by molar-refractivity contribution is -0.119. The third-order valence-corrected chi connectivity index (χ3v) is 5.65. The second-order valence-electron chi connectivity index (χ2n) is 7.95. The third-order valence-electron chi connectivity index (χ3n) is 5.65. The number of benzene rings is 2. The van der Waals surface area contributed by atoms with Crippen LogP contribution in [0.15, 0.2) is 54.5 Å². The largest absolute Gasteiger partial charge is 0.442 e. The minimum absolute atomic E-state index is 0.207. The van der Waals surface area contributed by atoms with E-state index in [1.165, 1.54) is 24.1 Å². The van der Waals surface area contributed by atoms with Gasteiger partial charge in [0.05, 0.1) is 30.5 Å². The van der Waals surface area contributed by atoms with Crippen molar-refractivity contribution in [3.8, 4) is 11.1 Å². The van der Waals surface area contributed by atoms with Gasteiger partial charge in [-0.15, -0.1) is 0 Å². The molecule has 1 atom stereocenters. The number of rotatable bonds is 8. The SMILES string of the molecule is CC(=O)NCC1CN(c2ccc(-c3ccc4c(cnn4CC/C(=C/N)NN)c3)c(F)c2)C(=O)O1. The van der Waals surface area contributed by atoms with Gasteiger partial charge in [-0.05, 0) is 35.9 Å². The molecule has 0 bridgehead atoms. The van der Waals surface area contributed by atoms with Gasteiger partial charge in [0.2, 0.25) is 5.91 Å². The second kappa shape index (κ2) is 9.79. The quantitative estimate of drug-likeness (QED) is 0.293. The summed E-state index contributed by atoms with van der Waals surface area (Å²) in [7, 11) is 0. The summed E-state index contributed by atoms with van der Waals surface area (Å²) in [4.78, 5) is 24.7. The van der Waals surface area contributed by atoms with Crippen LogP contribution in [0, 0.1) is 5.82 Å². The van der Waals surface area contributed by atoms with Crippen LogP contribution in [-0.4, -0.2) is 41.0 Å². The number of ether oxygens (including phenoxy) is 1. The summed E-state index contributed by atoms with van der Waals surface area (Å²) in [6.07, 6.45) is 2.67. The molecule has 2 amide bonds. The molecule has 1 saturated heterocycles. The monoisotopic (exact) mass is 467 g/mol. The first kappa shape index (κ1) is 23.1. The number of amides is 2. The van der Waals surface area contributed by atoms with Crippen molar-refractivity contribution >= 4 is 28.6 Å². The highest BCUT2D eigenvalue weighted by Gasteiger charge is 2.32. The Hall–Kier alpha value is -4.12. The van der Waals surface area contributed by atoms with E-state index in [0.29, 0.717) is 35.5 Å². The van der Waals surface area contributed by atoms with Crippen LogP contribution in [0.2, 0.25) is 0 Å². The molecule has 4 rings (SSSR count). The number of aromatic nitrogens is 2. The highest BCUT2D eigenvalue weighted by molar-refractivity contribution is 5.91. The van der Waals surface area contributed by atoms with Gasteiger partial charge in [0.15, 0.2) is 0 Å². The Balaban J connectivity index is 1.51. The molecule has 1 aliphatic rings. The number of cyclic esters (lactones) is 1. The van der Waals surface area contributed by atoms with Gasteiger partial charge in [-0.3, -0.25) is 20.2 Å². The number of allylic oxidation sites excluding steroid dienone is 1. The van der Waals surface area contributed by atoms with Crippen LogP contribution in [-0.2, 0) is 16.1 Å². The number of halogens is 1. The molecular formula is C23H26FN7O3. The Morgan fingerprint density at radius 3 is 2.85 bits per heavy atom. The van der Waals surface area contributed by atoms with Crippen LogP contribution in [0.1, 0.15) is 13.3 Å². The summed E-state index contributed by atoms with van der Waals surface area (Å²) >= 11 is 0. The van der Waals surface area contributed by atoms with Crippen molar-refractivity contribution in [1.29, 1.82) is 0 Å². The minimum atomic E-state index is -0.575. The van der Waals surface area contributed by atoms with Gasteiger partial charge in [0.25, 0.3) is 0 Å². The fourth-order valence-electron chi connectivity index (χ4n) is 3.87. The van der Waals surface area contributed by atoms with E-state index in [0.717, 1.165) is 10.9 Å². The summed E-state index contributed by atoms with van der Waals surface area (Å²) in [6, 6.07) is 10.2. The number of hydrogen-bond donors (Lipinski definition) is 4. The van der Waals surface area contributed by atoms with Crippen molar-refractivity contribution in [2.75, 3.05) is 18.0 Å². The molecule has 10 nitrogen and oxygen atoms in total. The van der Waals surface area contributed by atoms with Crippen LogP contribution < -0.4 is 27.2 Å². The predicted octanol–water partition coefficient (Wildman–Crippen LogP) is 1.96. The van der Waals surface area contributed by atoms with E-state index in [9.17, 15) is 9.59 Å².